The molecule has 154 valence electrons. The monoisotopic (exact) mass is 411 g/mol. The van der Waals surface area contributed by atoms with Gasteiger partial charge in [-0.3, -0.25) is 14.9 Å². The Morgan fingerprint density at radius 1 is 1.03 bits per heavy atom. The minimum absolute atomic E-state index is 0.0620. The van der Waals surface area contributed by atoms with E-state index in [4.69, 9.17) is 5.73 Å². The lowest BCUT2D eigenvalue weighted by Gasteiger charge is -2.22. The van der Waals surface area contributed by atoms with Gasteiger partial charge in [-0.1, -0.05) is 18.2 Å². The summed E-state index contributed by atoms with van der Waals surface area (Å²) in [6.07, 6.45) is 7.71. The maximum Gasteiger partial charge on any atom is 0.251 e. The number of thiophene rings is 1. The van der Waals surface area contributed by atoms with Crippen molar-refractivity contribution in [3.05, 3.63) is 50.9 Å². The van der Waals surface area contributed by atoms with Gasteiger partial charge in [-0.25, -0.2) is 0 Å². The highest BCUT2D eigenvalue weighted by Gasteiger charge is 2.27. The molecule has 1 heterocycles. The van der Waals surface area contributed by atoms with E-state index in [1.165, 1.54) is 52.2 Å². The number of hydrogen-bond acceptors (Lipinski definition) is 4. The lowest BCUT2D eigenvalue weighted by atomic mass is 9.89. The second-order valence-corrected chi connectivity index (χ2v) is 9.37. The van der Waals surface area contributed by atoms with Crippen LogP contribution in [0, 0.1) is 0 Å². The van der Waals surface area contributed by atoms with Gasteiger partial charge in [-0.15, -0.1) is 11.3 Å². The quantitative estimate of drug-likeness (QED) is 0.674. The van der Waals surface area contributed by atoms with E-state index in [2.05, 4.69) is 35.8 Å². The molecule has 2 atom stereocenters. The highest BCUT2D eigenvalue weighted by molar-refractivity contribution is 7.17. The molecule has 0 saturated carbocycles. The molecule has 2 aromatic rings. The van der Waals surface area contributed by atoms with Crippen LogP contribution in [-0.2, 0) is 30.5 Å². The van der Waals surface area contributed by atoms with Gasteiger partial charge >= 0.3 is 0 Å². The van der Waals surface area contributed by atoms with E-state index in [1.54, 1.807) is 0 Å². The lowest BCUT2D eigenvalue weighted by molar-refractivity contribution is -0.117. The molecule has 0 fully saturated rings. The maximum atomic E-state index is 12.8. The second-order valence-electron chi connectivity index (χ2n) is 8.26. The topological polar surface area (TPSA) is 84.2 Å². The van der Waals surface area contributed by atoms with Gasteiger partial charge in [0.05, 0.1) is 11.6 Å². The Kier molecular flexibility index (Phi) is 5.74. The third kappa shape index (κ3) is 4.09. The molecule has 0 aliphatic heterocycles. The van der Waals surface area contributed by atoms with Crippen LogP contribution < -0.4 is 16.4 Å². The molecule has 4 N–H and O–H groups in total. The first-order valence-electron chi connectivity index (χ1n) is 10.6. The summed E-state index contributed by atoms with van der Waals surface area (Å²) in [6.45, 7) is 3.94. The Hall–Kier alpha value is -2.18. The largest absolute Gasteiger partial charge is 0.365 e. The average molecular weight is 412 g/mol. The molecule has 0 spiro atoms. The van der Waals surface area contributed by atoms with Crippen molar-refractivity contribution < 1.29 is 9.59 Å². The van der Waals surface area contributed by atoms with Gasteiger partial charge in [0.1, 0.15) is 5.00 Å². The zero-order valence-electron chi connectivity index (χ0n) is 17.1. The van der Waals surface area contributed by atoms with E-state index < -0.39 is 11.9 Å². The zero-order valence-corrected chi connectivity index (χ0v) is 18.0. The number of nitrogens with one attached hydrogen (secondary N) is 2. The van der Waals surface area contributed by atoms with Crippen molar-refractivity contribution in [3.63, 3.8) is 0 Å². The molecule has 29 heavy (non-hydrogen) atoms. The zero-order chi connectivity index (χ0) is 20.5. The molecule has 2 aliphatic rings. The first-order valence-corrected chi connectivity index (χ1v) is 11.4. The molecule has 4 rings (SSSR count). The van der Waals surface area contributed by atoms with E-state index in [0.29, 0.717) is 10.6 Å². The number of hydrogen-bond donors (Lipinski definition) is 3. The second kappa shape index (κ2) is 8.28. The summed E-state index contributed by atoms with van der Waals surface area (Å²) < 4.78 is 0. The molecular formula is C23H29N3O2S. The summed E-state index contributed by atoms with van der Waals surface area (Å²) in [5.74, 6) is -0.597. The van der Waals surface area contributed by atoms with Gasteiger partial charge < -0.3 is 11.1 Å². The summed E-state index contributed by atoms with van der Waals surface area (Å²) in [5, 5.41) is 6.94. The molecule has 2 amide bonds. The SMILES string of the molecule is C[C@H](N[C@H](C)C(=O)Nc1sc2c(c1C(N)=O)CCC2)c1ccc2c(c1)CCCC2. The number of primary amides is 1. The van der Waals surface area contributed by atoms with Crippen LogP contribution in [0.5, 0.6) is 0 Å². The molecule has 1 aromatic heterocycles. The number of benzene rings is 1. The van der Waals surface area contributed by atoms with Crippen molar-refractivity contribution >= 4 is 28.2 Å². The Morgan fingerprint density at radius 3 is 2.55 bits per heavy atom. The van der Waals surface area contributed by atoms with Gasteiger partial charge in [0, 0.05) is 10.9 Å². The van der Waals surface area contributed by atoms with E-state index in [1.807, 2.05) is 6.92 Å². The standard InChI is InChI=1S/C23H29N3O2S/c1-13(16-11-10-15-6-3-4-7-17(15)12-16)25-14(2)22(28)26-23-20(21(24)27)18-8-5-9-19(18)29-23/h10-14,25H,3-9H2,1-2H3,(H2,24,27)(H,26,28)/t13-,14+/m0/s1. The Morgan fingerprint density at radius 2 is 1.79 bits per heavy atom. The summed E-state index contributed by atoms with van der Waals surface area (Å²) in [5.41, 5.74) is 11.2. The van der Waals surface area contributed by atoms with Gasteiger partial charge in [-0.05, 0) is 81.0 Å². The van der Waals surface area contributed by atoms with Crippen molar-refractivity contribution in [1.82, 2.24) is 5.32 Å². The Labute approximate surface area is 176 Å². The van der Waals surface area contributed by atoms with Crippen LogP contribution >= 0.6 is 11.3 Å². The first kappa shape index (κ1) is 20.1. The number of anilines is 1. The highest BCUT2D eigenvalue weighted by Crippen LogP contribution is 2.38. The van der Waals surface area contributed by atoms with Crippen LogP contribution in [0.1, 0.15) is 76.6 Å². The first-order chi connectivity index (χ1) is 13.9. The van der Waals surface area contributed by atoms with Crippen LogP contribution in [-0.4, -0.2) is 17.9 Å². The molecule has 0 bridgehead atoms. The normalized spacial score (nSPS) is 17.3. The summed E-state index contributed by atoms with van der Waals surface area (Å²) in [6, 6.07) is 6.36. The molecular weight excluding hydrogens is 382 g/mol. The smallest absolute Gasteiger partial charge is 0.251 e. The molecule has 0 saturated heterocycles. The third-order valence-electron chi connectivity index (χ3n) is 6.17. The maximum absolute atomic E-state index is 12.8. The van der Waals surface area contributed by atoms with Crippen LogP contribution in [0.4, 0.5) is 5.00 Å². The number of carbonyl (C=O) groups is 2. The molecule has 6 heteroatoms. The van der Waals surface area contributed by atoms with E-state index in [-0.39, 0.29) is 11.9 Å². The predicted octanol–water partition coefficient (Wildman–Crippen LogP) is 3.89. The molecule has 0 radical (unpaired) electrons. The van der Waals surface area contributed by atoms with E-state index >= 15 is 0 Å². The number of amides is 2. The molecule has 1 aromatic carbocycles. The number of rotatable bonds is 6. The van der Waals surface area contributed by atoms with Crippen molar-refractivity contribution in [3.8, 4) is 0 Å². The van der Waals surface area contributed by atoms with Crippen molar-refractivity contribution in [2.45, 2.75) is 70.9 Å². The molecule has 5 nitrogen and oxygen atoms in total. The number of aryl methyl sites for hydroxylation is 3. The number of fused-ring (bicyclic) bond motifs is 2. The minimum atomic E-state index is -0.456. The van der Waals surface area contributed by atoms with Crippen LogP contribution in [0.2, 0.25) is 0 Å². The Balaban J connectivity index is 1.43. The van der Waals surface area contributed by atoms with Crippen molar-refractivity contribution in [2.75, 3.05) is 5.32 Å². The van der Waals surface area contributed by atoms with E-state index in [9.17, 15) is 9.59 Å². The lowest BCUT2D eigenvalue weighted by Crippen LogP contribution is -2.39. The Bertz CT molecular complexity index is 950. The van der Waals surface area contributed by atoms with Gasteiger partial charge in [0.15, 0.2) is 0 Å². The van der Waals surface area contributed by atoms with Crippen molar-refractivity contribution in [1.29, 1.82) is 0 Å². The predicted molar refractivity (Wildman–Crippen MR) is 118 cm³/mol. The summed E-state index contributed by atoms with van der Waals surface area (Å²) >= 11 is 1.49. The fourth-order valence-electron chi connectivity index (χ4n) is 4.54. The minimum Gasteiger partial charge on any atom is -0.365 e. The fraction of sp³-hybridized carbons (Fsp3) is 0.478. The third-order valence-corrected chi connectivity index (χ3v) is 7.38. The number of nitrogens with two attached hydrogens (primary N) is 1. The van der Waals surface area contributed by atoms with E-state index in [0.717, 1.165) is 31.2 Å². The summed E-state index contributed by atoms with van der Waals surface area (Å²) in [4.78, 5) is 25.9. The van der Waals surface area contributed by atoms with Crippen LogP contribution in [0.3, 0.4) is 0 Å². The van der Waals surface area contributed by atoms with Crippen LogP contribution in [0.15, 0.2) is 18.2 Å². The highest BCUT2D eigenvalue weighted by atomic mass is 32.1. The number of carbonyl (C=O) groups excluding carboxylic acids is 2. The molecule has 2 aliphatic carbocycles. The van der Waals surface area contributed by atoms with Crippen LogP contribution in [0.25, 0.3) is 0 Å². The summed E-state index contributed by atoms with van der Waals surface area (Å²) in [7, 11) is 0. The van der Waals surface area contributed by atoms with Gasteiger partial charge in [0.25, 0.3) is 5.91 Å². The molecule has 0 unspecified atom stereocenters. The van der Waals surface area contributed by atoms with Gasteiger partial charge in [-0.2, -0.15) is 0 Å². The van der Waals surface area contributed by atoms with Gasteiger partial charge in [0.2, 0.25) is 5.91 Å². The average Bonchev–Trinajstić information content (AvgIpc) is 3.27. The fourth-order valence-corrected chi connectivity index (χ4v) is 5.84. The van der Waals surface area contributed by atoms with Crippen molar-refractivity contribution in [2.24, 2.45) is 5.73 Å².